The normalized spacial score (nSPS) is 11.4. The fourth-order valence-electron chi connectivity index (χ4n) is 1.69. The van der Waals surface area contributed by atoms with Crippen LogP contribution in [0.4, 0.5) is 0 Å². The number of benzene rings is 1. The van der Waals surface area contributed by atoms with E-state index < -0.39 is 16.0 Å². The van der Waals surface area contributed by atoms with E-state index >= 15 is 0 Å². The zero-order valence-electron chi connectivity index (χ0n) is 11.0. The minimum atomic E-state index is -3.72. The number of carbonyl (C=O) groups is 1. The minimum Gasteiger partial charge on any atom is -0.478 e. The Kier molecular flexibility index (Phi) is 4.66. The number of aryl methyl sites for hydroxylation is 1. The van der Waals surface area contributed by atoms with Crippen molar-refractivity contribution in [2.75, 3.05) is 6.54 Å². The molecular formula is C12H14N4O4S. The molecule has 0 aliphatic carbocycles. The Morgan fingerprint density at radius 3 is 2.86 bits per heavy atom. The van der Waals surface area contributed by atoms with Gasteiger partial charge in [0.1, 0.15) is 12.2 Å². The Labute approximate surface area is 121 Å². The lowest BCUT2D eigenvalue weighted by Crippen LogP contribution is -2.25. The average Bonchev–Trinajstić information content (AvgIpc) is 2.97. The molecule has 0 saturated carbocycles. The van der Waals surface area contributed by atoms with Crippen LogP contribution < -0.4 is 4.72 Å². The third kappa shape index (κ3) is 4.10. The number of rotatable bonds is 7. The first-order chi connectivity index (χ1) is 9.99. The Morgan fingerprint density at radius 1 is 1.38 bits per heavy atom. The molecule has 3 N–H and O–H groups in total. The molecule has 2 aromatic rings. The fourth-order valence-corrected chi connectivity index (χ4v) is 2.81. The summed E-state index contributed by atoms with van der Waals surface area (Å²) in [5.74, 6) is -0.487. The molecule has 0 atom stereocenters. The standard InChI is InChI=1S/C12H14N4O4S/c17-12(18)9-3-1-4-10(7-9)21(19,20)15-6-2-5-11-13-8-14-16-11/h1,3-4,7-8,15H,2,5-6H2,(H,17,18)(H,13,14,16). The van der Waals surface area contributed by atoms with Crippen molar-refractivity contribution < 1.29 is 18.3 Å². The Morgan fingerprint density at radius 2 is 2.19 bits per heavy atom. The van der Waals surface area contributed by atoms with Crippen LogP contribution in [0.25, 0.3) is 0 Å². The summed E-state index contributed by atoms with van der Waals surface area (Å²) in [6.45, 7) is 0.223. The van der Waals surface area contributed by atoms with Crippen molar-refractivity contribution in [3.8, 4) is 0 Å². The van der Waals surface area contributed by atoms with Crippen molar-refractivity contribution in [2.24, 2.45) is 0 Å². The predicted molar refractivity (Wildman–Crippen MR) is 73.3 cm³/mol. The van der Waals surface area contributed by atoms with Gasteiger partial charge in [0.05, 0.1) is 10.5 Å². The summed E-state index contributed by atoms with van der Waals surface area (Å²) in [6, 6.07) is 5.21. The topological polar surface area (TPSA) is 125 Å². The Hall–Kier alpha value is -2.26. The maximum atomic E-state index is 12.0. The van der Waals surface area contributed by atoms with Gasteiger partial charge in [0.2, 0.25) is 10.0 Å². The largest absolute Gasteiger partial charge is 0.478 e. The van der Waals surface area contributed by atoms with E-state index in [2.05, 4.69) is 19.9 Å². The zero-order chi connectivity index (χ0) is 15.3. The van der Waals surface area contributed by atoms with Gasteiger partial charge in [-0.15, -0.1) is 0 Å². The molecule has 8 nitrogen and oxygen atoms in total. The molecule has 0 radical (unpaired) electrons. The molecule has 9 heteroatoms. The third-order valence-electron chi connectivity index (χ3n) is 2.74. The molecule has 2 rings (SSSR count). The molecule has 0 fully saturated rings. The molecule has 0 unspecified atom stereocenters. The second-order valence-electron chi connectivity index (χ2n) is 4.27. The predicted octanol–water partition coefficient (Wildman–Crippen LogP) is 0.414. The Balaban J connectivity index is 1.95. The highest BCUT2D eigenvalue weighted by Crippen LogP contribution is 2.11. The lowest BCUT2D eigenvalue weighted by Gasteiger charge is -2.06. The van der Waals surface area contributed by atoms with Gasteiger partial charge < -0.3 is 5.11 Å². The van der Waals surface area contributed by atoms with E-state index in [1.54, 1.807) is 0 Å². The summed E-state index contributed by atoms with van der Waals surface area (Å²) in [5.41, 5.74) is -0.0699. The molecule has 0 spiro atoms. The zero-order valence-corrected chi connectivity index (χ0v) is 11.8. The Bertz CT molecular complexity index is 713. The number of aromatic carboxylic acids is 1. The van der Waals surface area contributed by atoms with Crippen molar-refractivity contribution in [1.29, 1.82) is 0 Å². The van der Waals surface area contributed by atoms with E-state index in [9.17, 15) is 13.2 Å². The van der Waals surface area contributed by atoms with Gasteiger partial charge in [-0.25, -0.2) is 22.9 Å². The van der Waals surface area contributed by atoms with E-state index in [4.69, 9.17) is 5.11 Å². The minimum absolute atomic E-state index is 0.0675. The van der Waals surface area contributed by atoms with Crippen LogP contribution >= 0.6 is 0 Å². The van der Waals surface area contributed by atoms with Crippen LogP contribution in [0, 0.1) is 0 Å². The number of nitrogens with one attached hydrogen (secondary N) is 2. The van der Waals surface area contributed by atoms with Gasteiger partial charge in [-0.1, -0.05) is 6.07 Å². The van der Waals surface area contributed by atoms with Gasteiger partial charge >= 0.3 is 5.97 Å². The van der Waals surface area contributed by atoms with E-state index in [1.165, 1.54) is 24.5 Å². The van der Waals surface area contributed by atoms with Gasteiger partial charge in [0.25, 0.3) is 0 Å². The fraction of sp³-hybridized carbons (Fsp3) is 0.250. The van der Waals surface area contributed by atoms with Crippen LogP contribution in [0.2, 0.25) is 0 Å². The number of aromatic amines is 1. The summed E-state index contributed by atoms with van der Waals surface area (Å²) >= 11 is 0. The number of carboxylic acids is 1. The third-order valence-corrected chi connectivity index (χ3v) is 4.20. The lowest BCUT2D eigenvalue weighted by atomic mass is 10.2. The van der Waals surface area contributed by atoms with Gasteiger partial charge in [-0.2, -0.15) is 5.10 Å². The molecule has 21 heavy (non-hydrogen) atoms. The quantitative estimate of drug-likeness (QED) is 0.636. The number of sulfonamides is 1. The van der Waals surface area contributed by atoms with Crippen LogP contribution in [0.1, 0.15) is 22.6 Å². The number of hydrogen-bond acceptors (Lipinski definition) is 5. The average molecular weight is 310 g/mol. The number of hydrogen-bond donors (Lipinski definition) is 3. The molecule has 0 aliphatic rings. The van der Waals surface area contributed by atoms with Crippen molar-refractivity contribution in [1.82, 2.24) is 19.9 Å². The molecule has 1 aromatic heterocycles. The number of H-pyrrole nitrogens is 1. The second kappa shape index (κ2) is 6.46. The van der Waals surface area contributed by atoms with Gasteiger partial charge in [0, 0.05) is 13.0 Å². The summed E-state index contributed by atoms with van der Waals surface area (Å²) in [5, 5.41) is 15.2. The molecule has 0 saturated heterocycles. The molecule has 0 aliphatic heterocycles. The highest BCUT2D eigenvalue weighted by Gasteiger charge is 2.15. The van der Waals surface area contributed by atoms with E-state index in [0.29, 0.717) is 18.7 Å². The molecular weight excluding hydrogens is 296 g/mol. The first-order valence-corrected chi connectivity index (χ1v) is 7.64. The van der Waals surface area contributed by atoms with Crippen molar-refractivity contribution in [2.45, 2.75) is 17.7 Å². The molecule has 112 valence electrons. The molecule has 1 heterocycles. The van der Waals surface area contributed by atoms with E-state index in [-0.39, 0.29) is 17.0 Å². The highest BCUT2D eigenvalue weighted by molar-refractivity contribution is 7.89. The maximum absolute atomic E-state index is 12.0. The van der Waals surface area contributed by atoms with Gasteiger partial charge in [-0.3, -0.25) is 5.10 Å². The van der Waals surface area contributed by atoms with Crippen molar-refractivity contribution >= 4 is 16.0 Å². The van der Waals surface area contributed by atoms with Crippen LogP contribution in [0.15, 0.2) is 35.5 Å². The summed E-state index contributed by atoms with van der Waals surface area (Å²) < 4.78 is 26.5. The van der Waals surface area contributed by atoms with Crippen molar-refractivity contribution in [3.63, 3.8) is 0 Å². The van der Waals surface area contributed by atoms with Gasteiger partial charge in [0.15, 0.2) is 0 Å². The van der Waals surface area contributed by atoms with Crippen LogP contribution in [-0.4, -0.2) is 41.2 Å². The summed E-state index contributed by atoms with van der Waals surface area (Å²) in [4.78, 5) is 14.7. The first kappa shape index (κ1) is 15.1. The van der Waals surface area contributed by atoms with E-state index in [0.717, 1.165) is 6.07 Å². The second-order valence-corrected chi connectivity index (χ2v) is 6.03. The number of aromatic nitrogens is 3. The summed E-state index contributed by atoms with van der Waals surface area (Å²) in [6.07, 6.45) is 2.50. The lowest BCUT2D eigenvalue weighted by molar-refractivity contribution is 0.0696. The monoisotopic (exact) mass is 310 g/mol. The van der Waals surface area contributed by atoms with Crippen LogP contribution in [-0.2, 0) is 16.4 Å². The molecule has 0 amide bonds. The maximum Gasteiger partial charge on any atom is 0.335 e. The smallest absolute Gasteiger partial charge is 0.335 e. The van der Waals surface area contributed by atoms with Crippen molar-refractivity contribution in [3.05, 3.63) is 42.0 Å². The number of nitrogens with zero attached hydrogens (tertiary/aromatic N) is 2. The van der Waals surface area contributed by atoms with Crippen LogP contribution in [0.5, 0.6) is 0 Å². The number of carboxylic acid groups (broad SMARTS) is 1. The first-order valence-electron chi connectivity index (χ1n) is 6.16. The highest BCUT2D eigenvalue weighted by atomic mass is 32.2. The van der Waals surface area contributed by atoms with Gasteiger partial charge in [-0.05, 0) is 24.6 Å². The summed E-state index contributed by atoms with van der Waals surface area (Å²) in [7, 11) is -3.72. The van der Waals surface area contributed by atoms with E-state index in [1.807, 2.05) is 0 Å². The van der Waals surface area contributed by atoms with Crippen LogP contribution in [0.3, 0.4) is 0 Å². The SMILES string of the molecule is O=C(O)c1cccc(S(=O)(=O)NCCCc2ncn[nH]2)c1. The molecule has 0 bridgehead atoms. The molecule has 1 aromatic carbocycles.